The van der Waals surface area contributed by atoms with Crippen molar-refractivity contribution in [1.82, 2.24) is 0 Å². The Morgan fingerprint density at radius 2 is 1.22 bits per heavy atom. The molecular formula is C35H68N2O5S3. The van der Waals surface area contributed by atoms with E-state index in [1.54, 1.807) is 30.4 Å². The van der Waals surface area contributed by atoms with E-state index in [1.165, 1.54) is 102 Å². The van der Waals surface area contributed by atoms with Crippen molar-refractivity contribution in [2.24, 2.45) is 11.5 Å². The third-order valence-electron chi connectivity index (χ3n) is 7.56. The largest absolute Gasteiger partial charge is 0.466 e. The highest BCUT2D eigenvalue weighted by Crippen LogP contribution is 2.28. The van der Waals surface area contributed by atoms with E-state index < -0.39 is 12.0 Å². The number of carbonyl (C=O) groups excluding carboxylic acids is 3. The van der Waals surface area contributed by atoms with Crippen molar-refractivity contribution >= 4 is 52.3 Å². The molecule has 0 saturated heterocycles. The van der Waals surface area contributed by atoms with Crippen LogP contribution in [-0.2, 0) is 23.9 Å². The van der Waals surface area contributed by atoms with Crippen molar-refractivity contribution in [3.05, 3.63) is 0 Å². The smallest absolute Gasteiger partial charge is 0.323 e. The number of unbranched alkanes of at least 4 members (excludes halogenated alkanes) is 15. The third kappa shape index (κ3) is 30.7. The van der Waals surface area contributed by atoms with E-state index in [1.807, 2.05) is 6.92 Å². The van der Waals surface area contributed by atoms with Gasteiger partial charge in [0.2, 0.25) is 0 Å². The summed E-state index contributed by atoms with van der Waals surface area (Å²) in [5.74, 6) is 1.03. The van der Waals surface area contributed by atoms with Gasteiger partial charge in [0.25, 0.3) is 0 Å². The predicted molar refractivity (Wildman–Crippen MR) is 198 cm³/mol. The van der Waals surface area contributed by atoms with Gasteiger partial charge < -0.3 is 20.9 Å². The number of thioether (sulfide) groups is 3. The average molecular weight is 693 g/mol. The molecule has 0 bridgehead atoms. The lowest BCUT2D eigenvalue weighted by Gasteiger charge is -2.21. The van der Waals surface area contributed by atoms with Gasteiger partial charge in [-0.05, 0) is 26.7 Å². The summed E-state index contributed by atoms with van der Waals surface area (Å²) in [6, 6.07) is -0.599. The van der Waals surface area contributed by atoms with Crippen molar-refractivity contribution in [3.63, 3.8) is 0 Å². The van der Waals surface area contributed by atoms with Gasteiger partial charge in [0.05, 0.1) is 19.6 Å². The van der Waals surface area contributed by atoms with Crippen LogP contribution in [0.3, 0.4) is 0 Å². The maximum absolute atomic E-state index is 12.7. The van der Waals surface area contributed by atoms with E-state index in [0.717, 1.165) is 25.0 Å². The van der Waals surface area contributed by atoms with Gasteiger partial charge in [-0.25, -0.2) is 0 Å². The molecule has 7 nitrogen and oxygen atoms in total. The van der Waals surface area contributed by atoms with E-state index in [4.69, 9.17) is 20.9 Å². The summed E-state index contributed by atoms with van der Waals surface area (Å²) in [4.78, 5) is 36.8. The quantitative estimate of drug-likeness (QED) is 0.0523. The molecule has 4 N–H and O–H groups in total. The molecule has 0 spiro atoms. The number of nitrogens with two attached hydrogens (primary N) is 2. The fourth-order valence-electron chi connectivity index (χ4n) is 4.92. The van der Waals surface area contributed by atoms with Crippen molar-refractivity contribution in [2.75, 3.05) is 30.5 Å². The van der Waals surface area contributed by atoms with Crippen LogP contribution in [0.2, 0.25) is 0 Å². The Morgan fingerprint density at radius 1 is 0.689 bits per heavy atom. The van der Waals surface area contributed by atoms with Crippen LogP contribution in [-0.4, -0.2) is 70.1 Å². The van der Waals surface area contributed by atoms with Gasteiger partial charge in [-0.2, -0.15) is 23.5 Å². The van der Waals surface area contributed by atoms with Gasteiger partial charge in [-0.15, -0.1) is 0 Å². The Labute approximate surface area is 289 Å². The van der Waals surface area contributed by atoms with E-state index in [9.17, 15) is 14.4 Å². The fourth-order valence-corrected chi connectivity index (χ4v) is 8.28. The van der Waals surface area contributed by atoms with Crippen LogP contribution in [0.1, 0.15) is 150 Å². The number of ether oxygens (including phenoxy) is 2. The van der Waals surface area contributed by atoms with E-state index in [0.29, 0.717) is 36.4 Å². The Morgan fingerprint density at radius 3 is 1.73 bits per heavy atom. The second-order valence-electron chi connectivity index (χ2n) is 12.4. The van der Waals surface area contributed by atoms with E-state index in [2.05, 4.69) is 13.8 Å². The Bertz CT molecular complexity index is 729. The van der Waals surface area contributed by atoms with Crippen LogP contribution < -0.4 is 11.5 Å². The summed E-state index contributed by atoms with van der Waals surface area (Å²) in [6.45, 7) is 8.91. The lowest BCUT2D eigenvalue weighted by atomic mass is 10.0. The summed E-state index contributed by atoms with van der Waals surface area (Å²) < 4.78 is 10.4. The first-order valence-corrected chi connectivity index (χ1v) is 21.0. The molecule has 0 rings (SSSR count). The van der Waals surface area contributed by atoms with Crippen molar-refractivity contribution in [3.8, 4) is 0 Å². The Balaban J connectivity index is 3.97. The first-order chi connectivity index (χ1) is 21.7. The number of hydrogen-bond donors (Lipinski definition) is 2. The molecular weight excluding hydrogens is 625 g/mol. The molecule has 0 aromatic rings. The molecule has 0 aromatic carbocycles. The molecule has 0 saturated carbocycles. The fraction of sp³-hybridized carbons (Fsp3) is 0.914. The highest BCUT2D eigenvalue weighted by Gasteiger charge is 2.22. The molecule has 0 amide bonds. The average Bonchev–Trinajstić information content (AvgIpc) is 3.00. The van der Waals surface area contributed by atoms with Crippen molar-refractivity contribution in [1.29, 1.82) is 0 Å². The van der Waals surface area contributed by atoms with Crippen LogP contribution in [0, 0.1) is 0 Å². The number of esters is 2. The molecule has 0 radical (unpaired) electrons. The number of hydrogen-bond acceptors (Lipinski definition) is 10. The highest BCUT2D eigenvalue weighted by atomic mass is 32.2. The lowest BCUT2D eigenvalue weighted by molar-refractivity contribution is -0.144. The second-order valence-corrected chi connectivity index (χ2v) is 16.3. The molecule has 0 aliphatic heterocycles. The molecule has 0 heterocycles. The zero-order valence-corrected chi connectivity index (χ0v) is 31.7. The molecule has 4 unspecified atom stereocenters. The minimum Gasteiger partial charge on any atom is -0.466 e. The van der Waals surface area contributed by atoms with Crippen LogP contribution >= 0.6 is 35.3 Å². The summed E-state index contributed by atoms with van der Waals surface area (Å²) in [5, 5.41) is 0.403. The topological polar surface area (TPSA) is 122 Å². The van der Waals surface area contributed by atoms with Crippen LogP contribution in [0.25, 0.3) is 0 Å². The minimum atomic E-state index is -0.712. The van der Waals surface area contributed by atoms with Gasteiger partial charge in [-0.1, -0.05) is 122 Å². The molecule has 45 heavy (non-hydrogen) atoms. The SMILES string of the molecule is CCCCCCCCCCCCCCCCCCOC(=O)CCSC(=O)CC(CC(C)SCC(C)N)SCC(N)C(=O)OCC. The molecule has 0 fully saturated rings. The van der Waals surface area contributed by atoms with Gasteiger partial charge in [0, 0.05) is 40.2 Å². The highest BCUT2D eigenvalue weighted by molar-refractivity contribution is 8.13. The summed E-state index contributed by atoms with van der Waals surface area (Å²) in [7, 11) is 0. The maximum atomic E-state index is 12.7. The van der Waals surface area contributed by atoms with Crippen LogP contribution in [0.5, 0.6) is 0 Å². The molecule has 266 valence electrons. The minimum absolute atomic E-state index is 0.0305. The van der Waals surface area contributed by atoms with Gasteiger partial charge in [-0.3, -0.25) is 14.4 Å². The molecule has 0 aliphatic rings. The first kappa shape index (κ1) is 44.6. The molecule has 4 atom stereocenters. The second kappa shape index (κ2) is 32.1. The van der Waals surface area contributed by atoms with E-state index in [-0.39, 0.29) is 28.8 Å². The molecule has 0 aromatic heterocycles. The normalized spacial score (nSPS) is 14.1. The third-order valence-corrected chi connectivity index (χ3v) is 11.3. The summed E-state index contributed by atoms with van der Waals surface area (Å²) >= 11 is 4.53. The Kier molecular flexibility index (Phi) is 31.8. The zero-order valence-electron chi connectivity index (χ0n) is 29.2. The maximum Gasteiger partial charge on any atom is 0.323 e. The first-order valence-electron chi connectivity index (χ1n) is 17.9. The molecule has 10 heteroatoms. The Hall–Kier alpha value is -0.420. The van der Waals surface area contributed by atoms with Crippen LogP contribution in [0.15, 0.2) is 0 Å². The van der Waals surface area contributed by atoms with Gasteiger partial charge in [0.15, 0.2) is 5.12 Å². The summed E-state index contributed by atoms with van der Waals surface area (Å²) in [5.41, 5.74) is 11.9. The summed E-state index contributed by atoms with van der Waals surface area (Å²) in [6.07, 6.45) is 22.5. The van der Waals surface area contributed by atoms with E-state index >= 15 is 0 Å². The lowest BCUT2D eigenvalue weighted by Crippen LogP contribution is -2.35. The number of carbonyl (C=O) groups is 3. The predicted octanol–water partition coefficient (Wildman–Crippen LogP) is 8.68. The molecule has 0 aliphatic carbocycles. The van der Waals surface area contributed by atoms with Crippen molar-refractivity contribution in [2.45, 2.75) is 172 Å². The standard InChI is InChI=1S/C35H68N2O5S3/c1-5-7-8-9-10-11-12-13-14-15-16-17-18-19-20-21-23-42-33(38)22-24-43-34(39)26-31(25-30(4)44-27-29(3)36)45-28-32(37)35(40)41-6-2/h29-32H,5-28,36-37H2,1-4H3. The van der Waals surface area contributed by atoms with Crippen LogP contribution in [0.4, 0.5) is 0 Å². The zero-order chi connectivity index (χ0) is 33.5. The van der Waals surface area contributed by atoms with Gasteiger partial charge in [0.1, 0.15) is 6.04 Å². The monoisotopic (exact) mass is 692 g/mol. The number of rotatable bonds is 32. The van der Waals surface area contributed by atoms with Crippen molar-refractivity contribution < 1.29 is 23.9 Å². The van der Waals surface area contributed by atoms with Gasteiger partial charge >= 0.3 is 11.9 Å².